The van der Waals surface area contributed by atoms with Crippen molar-refractivity contribution in [2.75, 3.05) is 18.5 Å². The molecule has 1 atom stereocenters. The molecule has 0 bridgehead atoms. The number of para-hydroxylation sites is 1. The topological polar surface area (TPSA) is 69.6 Å². The van der Waals surface area contributed by atoms with Crippen LogP contribution in [0.3, 0.4) is 0 Å². The smallest absolute Gasteiger partial charge is 0.321 e. The maximum Gasteiger partial charge on any atom is 0.321 e. The zero-order chi connectivity index (χ0) is 15.8. The molecule has 0 radical (unpaired) electrons. The second-order valence-corrected chi connectivity index (χ2v) is 5.07. The lowest BCUT2D eigenvalue weighted by Gasteiger charge is -2.19. The number of benzene rings is 1. The minimum atomic E-state index is -0.815. The van der Waals surface area contributed by atoms with Crippen molar-refractivity contribution < 1.29 is 19.1 Å². The lowest BCUT2D eigenvalue weighted by molar-refractivity contribution is -0.137. The van der Waals surface area contributed by atoms with Crippen LogP contribution in [0.25, 0.3) is 0 Å². The molecule has 5 nitrogen and oxygen atoms in total. The summed E-state index contributed by atoms with van der Waals surface area (Å²) in [6.45, 7) is 2.37. The molecule has 0 fully saturated rings. The number of carbonyl (C=O) groups excluding carboxylic acids is 1. The number of carboxylic acids is 1. The molecule has 116 valence electrons. The maximum absolute atomic E-state index is 13.5. The largest absolute Gasteiger partial charge is 0.481 e. The van der Waals surface area contributed by atoms with Gasteiger partial charge in [-0.1, -0.05) is 19.1 Å². The number of urea groups is 1. The van der Waals surface area contributed by atoms with Crippen molar-refractivity contribution in [3.05, 3.63) is 30.1 Å². The Balaban J connectivity index is 2.37. The third-order valence-corrected chi connectivity index (χ3v) is 3.28. The molecule has 0 saturated heterocycles. The quantitative estimate of drug-likeness (QED) is 0.813. The molecular formula is C15H21FN2O3. The van der Waals surface area contributed by atoms with E-state index in [0.29, 0.717) is 19.4 Å². The summed E-state index contributed by atoms with van der Waals surface area (Å²) in [4.78, 5) is 23.6. The van der Waals surface area contributed by atoms with Gasteiger partial charge in [0.2, 0.25) is 0 Å². The normalized spacial score (nSPS) is 11.8. The predicted molar refractivity (Wildman–Crippen MR) is 78.9 cm³/mol. The fraction of sp³-hybridized carbons (Fsp3) is 0.467. The highest BCUT2D eigenvalue weighted by molar-refractivity contribution is 5.91. The number of hydrogen-bond acceptors (Lipinski definition) is 2. The van der Waals surface area contributed by atoms with Crippen molar-refractivity contribution in [2.24, 2.45) is 5.92 Å². The summed E-state index contributed by atoms with van der Waals surface area (Å²) in [5, 5.41) is 11.3. The van der Waals surface area contributed by atoms with E-state index in [9.17, 15) is 14.0 Å². The molecule has 6 heteroatoms. The van der Waals surface area contributed by atoms with Crippen molar-refractivity contribution in [2.45, 2.75) is 26.2 Å². The molecule has 2 amide bonds. The molecule has 0 heterocycles. The first-order chi connectivity index (χ1) is 9.91. The predicted octanol–water partition coefficient (Wildman–Crippen LogP) is 2.86. The zero-order valence-electron chi connectivity index (χ0n) is 12.3. The SMILES string of the molecule is CC(CCNC(=O)N(C)c1ccccc1F)CCC(=O)O. The molecule has 0 aliphatic carbocycles. The lowest BCUT2D eigenvalue weighted by Crippen LogP contribution is -2.38. The third-order valence-electron chi connectivity index (χ3n) is 3.28. The first-order valence-corrected chi connectivity index (χ1v) is 6.89. The third kappa shape index (κ3) is 5.81. The van der Waals surface area contributed by atoms with E-state index in [4.69, 9.17) is 5.11 Å². The summed E-state index contributed by atoms with van der Waals surface area (Å²) < 4.78 is 13.5. The van der Waals surface area contributed by atoms with Crippen LogP contribution in [-0.4, -0.2) is 30.7 Å². The van der Waals surface area contributed by atoms with Crippen LogP contribution < -0.4 is 10.2 Å². The van der Waals surface area contributed by atoms with Crippen LogP contribution in [0.1, 0.15) is 26.2 Å². The van der Waals surface area contributed by atoms with E-state index in [1.807, 2.05) is 6.92 Å². The van der Waals surface area contributed by atoms with Crippen molar-refractivity contribution in [1.82, 2.24) is 5.32 Å². The Morgan fingerprint density at radius 3 is 2.62 bits per heavy atom. The summed E-state index contributed by atoms with van der Waals surface area (Å²) in [5.74, 6) is -1.06. The number of halogens is 1. The van der Waals surface area contributed by atoms with E-state index in [2.05, 4.69) is 5.32 Å². The minimum absolute atomic E-state index is 0.129. The molecule has 0 aliphatic heterocycles. The van der Waals surface area contributed by atoms with Gasteiger partial charge in [-0.3, -0.25) is 9.69 Å². The average molecular weight is 296 g/mol. The number of anilines is 1. The Morgan fingerprint density at radius 1 is 1.33 bits per heavy atom. The van der Waals surface area contributed by atoms with E-state index in [-0.39, 0.29) is 24.1 Å². The van der Waals surface area contributed by atoms with Crippen LogP contribution in [0.2, 0.25) is 0 Å². The standard InChI is InChI=1S/C15H21FN2O3/c1-11(7-8-14(19)20)9-10-17-15(21)18(2)13-6-4-3-5-12(13)16/h3-6,11H,7-10H2,1-2H3,(H,17,21)(H,19,20). The second kappa shape index (κ2) is 8.24. The summed E-state index contributed by atoms with van der Waals surface area (Å²) in [7, 11) is 1.50. The molecule has 0 spiro atoms. The van der Waals surface area contributed by atoms with E-state index >= 15 is 0 Å². The number of carboxylic acid groups (broad SMARTS) is 1. The monoisotopic (exact) mass is 296 g/mol. The molecule has 1 rings (SSSR count). The number of carbonyl (C=O) groups is 2. The molecular weight excluding hydrogens is 275 g/mol. The molecule has 21 heavy (non-hydrogen) atoms. The van der Waals surface area contributed by atoms with E-state index in [1.54, 1.807) is 12.1 Å². The number of nitrogens with zero attached hydrogens (tertiary/aromatic N) is 1. The Labute approximate surface area is 123 Å². The summed E-state index contributed by atoms with van der Waals surface area (Å²) in [6.07, 6.45) is 1.39. The van der Waals surface area contributed by atoms with Gasteiger partial charge in [0.15, 0.2) is 0 Å². The Kier molecular flexibility index (Phi) is 6.65. The summed E-state index contributed by atoms with van der Waals surface area (Å²) >= 11 is 0. The van der Waals surface area contributed by atoms with E-state index in [1.165, 1.54) is 24.1 Å². The van der Waals surface area contributed by atoms with Gasteiger partial charge in [0, 0.05) is 20.0 Å². The highest BCUT2D eigenvalue weighted by atomic mass is 19.1. The lowest BCUT2D eigenvalue weighted by atomic mass is 10.0. The number of amides is 2. The first-order valence-electron chi connectivity index (χ1n) is 6.89. The molecule has 0 saturated carbocycles. The van der Waals surface area contributed by atoms with Gasteiger partial charge in [-0.15, -0.1) is 0 Å². The van der Waals surface area contributed by atoms with Gasteiger partial charge in [-0.2, -0.15) is 0 Å². The minimum Gasteiger partial charge on any atom is -0.481 e. The van der Waals surface area contributed by atoms with Crippen LogP contribution in [0.5, 0.6) is 0 Å². The van der Waals surface area contributed by atoms with Gasteiger partial charge in [0.25, 0.3) is 0 Å². The van der Waals surface area contributed by atoms with Crippen molar-refractivity contribution in [1.29, 1.82) is 0 Å². The van der Waals surface area contributed by atoms with Gasteiger partial charge in [-0.05, 0) is 30.9 Å². The van der Waals surface area contributed by atoms with E-state index in [0.717, 1.165) is 0 Å². The van der Waals surface area contributed by atoms with E-state index < -0.39 is 11.8 Å². The van der Waals surface area contributed by atoms with Gasteiger partial charge in [0.1, 0.15) is 5.82 Å². The maximum atomic E-state index is 13.5. The van der Waals surface area contributed by atoms with Crippen LogP contribution in [0, 0.1) is 11.7 Å². The van der Waals surface area contributed by atoms with Crippen LogP contribution in [0.4, 0.5) is 14.9 Å². The molecule has 1 aromatic carbocycles. The Morgan fingerprint density at radius 2 is 2.00 bits per heavy atom. The number of rotatable bonds is 7. The van der Waals surface area contributed by atoms with Crippen LogP contribution >= 0.6 is 0 Å². The highest BCUT2D eigenvalue weighted by Crippen LogP contribution is 2.17. The molecule has 1 aromatic rings. The van der Waals surface area contributed by atoms with Crippen LogP contribution in [-0.2, 0) is 4.79 Å². The fourth-order valence-electron chi connectivity index (χ4n) is 1.89. The molecule has 2 N–H and O–H groups in total. The first kappa shape index (κ1) is 16.9. The highest BCUT2D eigenvalue weighted by Gasteiger charge is 2.14. The van der Waals surface area contributed by atoms with Crippen molar-refractivity contribution in [3.63, 3.8) is 0 Å². The van der Waals surface area contributed by atoms with Gasteiger partial charge in [-0.25, -0.2) is 9.18 Å². The molecule has 0 aromatic heterocycles. The average Bonchev–Trinajstić information content (AvgIpc) is 2.44. The second-order valence-electron chi connectivity index (χ2n) is 5.07. The van der Waals surface area contributed by atoms with Gasteiger partial charge < -0.3 is 10.4 Å². The Hall–Kier alpha value is -2.11. The Bertz CT molecular complexity index is 494. The summed E-state index contributed by atoms with van der Waals surface area (Å²) in [5.41, 5.74) is 0.217. The number of aliphatic carboxylic acids is 1. The molecule has 1 unspecified atom stereocenters. The summed E-state index contributed by atoms with van der Waals surface area (Å²) in [6, 6.07) is 5.67. The number of nitrogens with one attached hydrogen (secondary N) is 1. The van der Waals surface area contributed by atoms with Gasteiger partial charge >= 0.3 is 12.0 Å². The van der Waals surface area contributed by atoms with Gasteiger partial charge in [0.05, 0.1) is 5.69 Å². The van der Waals surface area contributed by atoms with Crippen LogP contribution in [0.15, 0.2) is 24.3 Å². The number of hydrogen-bond donors (Lipinski definition) is 2. The zero-order valence-corrected chi connectivity index (χ0v) is 12.3. The van der Waals surface area contributed by atoms with Crippen molar-refractivity contribution in [3.8, 4) is 0 Å². The van der Waals surface area contributed by atoms with Crippen molar-refractivity contribution >= 4 is 17.7 Å². The fourth-order valence-corrected chi connectivity index (χ4v) is 1.89. The molecule has 0 aliphatic rings.